The number of benzene rings is 1. The molecule has 0 saturated heterocycles. The summed E-state index contributed by atoms with van der Waals surface area (Å²) >= 11 is 0.951. The predicted octanol–water partition coefficient (Wildman–Crippen LogP) is 4.33. The third-order valence-corrected chi connectivity index (χ3v) is 5.93. The quantitative estimate of drug-likeness (QED) is 0.715. The first kappa shape index (κ1) is 19.7. The molecule has 0 amide bonds. The normalized spacial score (nSPS) is 12.3. The molecule has 9 heteroatoms. The van der Waals surface area contributed by atoms with Crippen molar-refractivity contribution in [2.24, 2.45) is 0 Å². The lowest BCUT2D eigenvalue weighted by Gasteiger charge is -2.12. The first-order valence-electron chi connectivity index (χ1n) is 7.53. The van der Waals surface area contributed by atoms with Crippen LogP contribution in [0.3, 0.4) is 0 Å². The van der Waals surface area contributed by atoms with Crippen LogP contribution in [0.5, 0.6) is 0 Å². The van der Waals surface area contributed by atoms with Gasteiger partial charge in [0.2, 0.25) is 10.0 Å². The average Bonchev–Trinajstić information content (AvgIpc) is 2.55. The molecule has 1 aromatic heterocycles. The molecule has 0 unspecified atom stereocenters. The highest BCUT2D eigenvalue weighted by Crippen LogP contribution is 2.36. The van der Waals surface area contributed by atoms with Gasteiger partial charge in [0.25, 0.3) is 0 Å². The van der Waals surface area contributed by atoms with Gasteiger partial charge in [-0.05, 0) is 30.7 Å². The predicted molar refractivity (Wildman–Crippen MR) is 89.9 cm³/mol. The van der Waals surface area contributed by atoms with Gasteiger partial charge in [-0.15, -0.1) is 0 Å². The maximum atomic E-state index is 12.8. The van der Waals surface area contributed by atoms with Crippen LogP contribution in [0.25, 0.3) is 0 Å². The summed E-state index contributed by atoms with van der Waals surface area (Å²) in [7, 11) is -3.78. The zero-order chi connectivity index (χ0) is 18.5. The number of hydrogen-bond acceptors (Lipinski definition) is 4. The van der Waals surface area contributed by atoms with Crippen LogP contribution in [-0.4, -0.2) is 19.9 Å². The molecule has 1 aromatic carbocycles. The Hall–Kier alpha value is -1.58. The highest BCUT2D eigenvalue weighted by molar-refractivity contribution is 8.00. The molecular weight excluding hydrogens is 373 g/mol. The van der Waals surface area contributed by atoms with Crippen molar-refractivity contribution in [3.05, 3.63) is 48.3 Å². The van der Waals surface area contributed by atoms with E-state index < -0.39 is 21.8 Å². The van der Waals surface area contributed by atoms with Gasteiger partial charge < -0.3 is 0 Å². The van der Waals surface area contributed by atoms with Gasteiger partial charge >= 0.3 is 6.18 Å². The van der Waals surface area contributed by atoms with E-state index in [4.69, 9.17) is 0 Å². The number of sulfonamides is 1. The number of rotatable bonds is 7. The molecule has 0 spiro atoms. The van der Waals surface area contributed by atoms with Crippen molar-refractivity contribution in [2.75, 3.05) is 6.54 Å². The molecule has 4 nitrogen and oxygen atoms in total. The Balaban J connectivity index is 2.30. The smallest absolute Gasteiger partial charge is 0.263 e. The van der Waals surface area contributed by atoms with Crippen LogP contribution in [0.4, 0.5) is 13.2 Å². The van der Waals surface area contributed by atoms with Crippen LogP contribution in [0, 0.1) is 0 Å². The van der Waals surface area contributed by atoms with E-state index in [1.165, 1.54) is 30.6 Å². The fourth-order valence-corrected chi connectivity index (χ4v) is 4.40. The molecule has 0 aliphatic carbocycles. The van der Waals surface area contributed by atoms with E-state index in [1.54, 1.807) is 0 Å². The molecule has 0 radical (unpaired) electrons. The maximum absolute atomic E-state index is 12.8. The molecule has 0 aliphatic rings. The van der Waals surface area contributed by atoms with Crippen molar-refractivity contribution in [1.29, 1.82) is 0 Å². The van der Waals surface area contributed by atoms with Crippen LogP contribution in [0.15, 0.2) is 57.4 Å². The summed E-state index contributed by atoms with van der Waals surface area (Å²) in [5.41, 5.74) is -0.781. The van der Waals surface area contributed by atoms with E-state index >= 15 is 0 Å². The minimum absolute atomic E-state index is 0.0477. The van der Waals surface area contributed by atoms with E-state index in [1.807, 2.05) is 6.92 Å². The van der Waals surface area contributed by atoms with Crippen molar-refractivity contribution in [3.63, 3.8) is 0 Å². The molecule has 136 valence electrons. The topological polar surface area (TPSA) is 59.1 Å². The molecule has 0 aliphatic heterocycles. The summed E-state index contributed by atoms with van der Waals surface area (Å²) in [6.07, 6.45) is -0.326. The maximum Gasteiger partial charge on any atom is 0.416 e. The van der Waals surface area contributed by atoms with Crippen LogP contribution < -0.4 is 4.72 Å². The zero-order valence-corrected chi connectivity index (χ0v) is 15.0. The Morgan fingerprint density at radius 1 is 1.24 bits per heavy atom. The van der Waals surface area contributed by atoms with E-state index in [0.717, 1.165) is 30.3 Å². The fourth-order valence-electron chi connectivity index (χ4n) is 1.98. The fraction of sp³-hybridized carbons (Fsp3) is 0.312. The van der Waals surface area contributed by atoms with Crippen molar-refractivity contribution in [3.8, 4) is 0 Å². The standard InChI is InChI=1S/C16H17F3N2O2S2/c1-2-3-8-21-25(22,23)15-11-20-9-7-14(15)24-13-6-4-5-12(10-13)16(17,18)19/h4-7,9-11,21H,2-3,8H2,1H3. The van der Waals surface area contributed by atoms with Gasteiger partial charge in [0.15, 0.2) is 0 Å². The van der Waals surface area contributed by atoms with Crippen molar-refractivity contribution in [1.82, 2.24) is 9.71 Å². The second kappa shape index (κ2) is 8.20. The molecule has 0 atom stereocenters. The average molecular weight is 390 g/mol. The van der Waals surface area contributed by atoms with Crippen molar-refractivity contribution < 1.29 is 21.6 Å². The highest BCUT2D eigenvalue weighted by atomic mass is 32.2. The van der Waals surface area contributed by atoms with Gasteiger partial charge in [-0.1, -0.05) is 31.2 Å². The van der Waals surface area contributed by atoms with Gasteiger partial charge in [0, 0.05) is 28.7 Å². The van der Waals surface area contributed by atoms with Crippen LogP contribution in [-0.2, 0) is 16.2 Å². The van der Waals surface area contributed by atoms with E-state index in [-0.39, 0.29) is 4.90 Å². The number of unbranched alkanes of at least 4 members (excludes halogenated alkanes) is 1. The molecule has 0 fully saturated rings. The number of nitrogens with one attached hydrogen (secondary N) is 1. The van der Waals surface area contributed by atoms with E-state index in [2.05, 4.69) is 9.71 Å². The summed E-state index contributed by atoms with van der Waals surface area (Å²) in [5, 5.41) is 0. The van der Waals surface area contributed by atoms with Crippen LogP contribution in [0.2, 0.25) is 0 Å². The van der Waals surface area contributed by atoms with Gasteiger partial charge in [-0.3, -0.25) is 4.98 Å². The minimum Gasteiger partial charge on any atom is -0.263 e. The Kier molecular flexibility index (Phi) is 6.47. The number of hydrogen-bond donors (Lipinski definition) is 1. The second-order valence-electron chi connectivity index (χ2n) is 5.20. The largest absolute Gasteiger partial charge is 0.416 e. The molecule has 1 N–H and O–H groups in total. The molecule has 2 aromatic rings. The Morgan fingerprint density at radius 3 is 2.68 bits per heavy atom. The van der Waals surface area contributed by atoms with E-state index in [0.29, 0.717) is 22.8 Å². The van der Waals surface area contributed by atoms with Crippen molar-refractivity contribution >= 4 is 21.8 Å². The first-order chi connectivity index (χ1) is 11.7. The number of halogens is 3. The van der Waals surface area contributed by atoms with Gasteiger partial charge in [0.05, 0.1) is 5.56 Å². The summed E-state index contributed by atoms with van der Waals surface area (Å²) in [6.45, 7) is 2.23. The molecule has 2 rings (SSSR count). The molecule has 25 heavy (non-hydrogen) atoms. The first-order valence-corrected chi connectivity index (χ1v) is 9.83. The monoisotopic (exact) mass is 390 g/mol. The molecule has 1 heterocycles. The lowest BCUT2D eigenvalue weighted by atomic mass is 10.2. The highest BCUT2D eigenvalue weighted by Gasteiger charge is 2.30. The minimum atomic E-state index is -4.45. The summed E-state index contributed by atoms with van der Waals surface area (Å²) in [4.78, 5) is 4.39. The summed E-state index contributed by atoms with van der Waals surface area (Å²) in [6, 6.07) is 6.23. The second-order valence-corrected chi connectivity index (χ2v) is 8.05. The lowest BCUT2D eigenvalue weighted by molar-refractivity contribution is -0.137. The zero-order valence-electron chi connectivity index (χ0n) is 13.4. The lowest BCUT2D eigenvalue weighted by Crippen LogP contribution is -2.25. The number of alkyl halides is 3. The summed E-state index contributed by atoms with van der Waals surface area (Å²) < 4.78 is 65.7. The Morgan fingerprint density at radius 2 is 2.00 bits per heavy atom. The summed E-state index contributed by atoms with van der Waals surface area (Å²) in [5.74, 6) is 0. The van der Waals surface area contributed by atoms with Crippen LogP contribution >= 0.6 is 11.8 Å². The van der Waals surface area contributed by atoms with E-state index in [9.17, 15) is 21.6 Å². The van der Waals surface area contributed by atoms with Crippen molar-refractivity contribution in [2.45, 2.75) is 40.6 Å². The molecule has 0 bridgehead atoms. The number of aromatic nitrogens is 1. The number of nitrogens with zero attached hydrogens (tertiary/aromatic N) is 1. The number of pyridine rings is 1. The molecule has 0 saturated carbocycles. The molecular formula is C16H17F3N2O2S2. The van der Waals surface area contributed by atoms with Crippen LogP contribution in [0.1, 0.15) is 25.3 Å². The SMILES string of the molecule is CCCCNS(=O)(=O)c1cnccc1Sc1cccc(C(F)(F)F)c1. The van der Waals surface area contributed by atoms with Gasteiger partial charge in [0.1, 0.15) is 4.90 Å². The third kappa shape index (κ3) is 5.45. The third-order valence-electron chi connectivity index (χ3n) is 3.25. The Labute approximate surface area is 148 Å². The van der Waals surface area contributed by atoms with Gasteiger partial charge in [-0.25, -0.2) is 13.1 Å². The van der Waals surface area contributed by atoms with Gasteiger partial charge in [-0.2, -0.15) is 13.2 Å². The Bertz CT molecular complexity index is 824.